The van der Waals surface area contributed by atoms with Gasteiger partial charge in [0.15, 0.2) is 0 Å². The van der Waals surface area contributed by atoms with Crippen molar-refractivity contribution in [2.24, 2.45) is 0 Å². The van der Waals surface area contributed by atoms with Crippen LogP contribution >= 0.6 is 15.9 Å². The van der Waals surface area contributed by atoms with Crippen LogP contribution in [0.4, 0.5) is 18.9 Å². The molecule has 3 rings (SSSR count). The molecule has 1 fully saturated rings. The van der Waals surface area contributed by atoms with Gasteiger partial charge in [-0.15, -0.1) is 0 Å². The average Bonchev–Trinajstić information content (AvgIpc) is 2.63. The van der Waals surface area contributed by atoms with Crippen molar-refractivity contribution in [3.63, 3.8) is 0 Å². The molecule has 2 aromatic rings. The predicted molar refractivity (Wildman–Crippen MR) is 98.4 cm³/mol. The third-order valence-corrected chi connectivity index (χ3v) is 4.99. The summed E-state index contributed by atoms with van der Waals surface area (Å²) >= 11 is 3.37. The van der Waals surface area contributed by atoms with Gasteiger partial charge in [-0.25, -0.2) is 0 Å². The highest BCUT2D eigenvalue weighted by Gasteiger charge is 2.36. The molecule has 0 saturated carbocycles. The molecule has 1 aliphatic heterocycles. The molecule has 0 bridgehead atoms. The summed E-state index contributed by atoms with van der Waals surface area (Å²) in [6.07, 6.45) is -4.46. The molecule has 8 heteroatoms. The summed E-state index contributed by atoms with van der Waals surface area (Å²) in [4.78, 5) is 28.4. The van der Waals surface area contributed by atoms with E-state index in [-0.39, 0.29) is 11.5 Å². The second kappa shape index (κ2) is 7.34. The Morgan fingerprint density at radius 2 is 1.78 bits per heavy atom. The van der Waals surface area contributed by atoms with Crippen LogP contribution in [0.2, 0.25) is 0 Å². The number of hydrogen-bond acceptors (Lipinski definition) is 2. The second-order valence-electron chi connectivity index (χ2n) is 6.22. The zero-order valence-corrected chi connectivity index (χ0v) is 15.9. The molecule has 1 saturated heterocycles. The number of alkyl halides is 3. The quantitative estimate of drug-likeness (QED) is 0.696. The minimum atomic E-state index is -4.46. The van der Waals surface area contributed by atoms with E-state index in [0.717, 1.165) is 34.4 Å². The van der Waals surface area contributed by atoms with Crippen LogP contribution in [0.15, 0.2) is 53.0 Å². The molecule has 1 aliphatic rings. The van der Waals surface area contributed by atoms with Gasteiger partial charge in [0, 0.05) is 28.8 Å². The highest BCUT2D eigenvalue weighted by atomic mass is 79.9. The van der Waals surface area contributed by atoms with E-state index in [2.05, 4.69) is 15.9 Å². The Morgan fingerprint density at radius 3 is 2.37 bits per heavy atom. The lowest BCUT2D eigenvalue weighted by atomic mass is 10.1. The molecule has 0 aliphatic carbocycles. The molecule has 142 valence electrons. The summed E-state index contributed by atoms with van der Waals surface area (Å²) in [7, 11) is 0. The van der Waals surface area contributed by atoms with Crippen LogP contribution in [0.3, 0.4) is 0 Å². The van der Waals surface area contributed by atoms with Gasteiger partial charge >= 0.3 is 6.18 Å². The van der Waals surface area contributed by atoms with Crippen LogP contribution in [0.5, 0.6) is 0 Å². The first-order valence-corrected chi connectivity index (χ1v) is 9.03. The van der Waals surface area contributed by atoms with Crippen molar-refractivity contribution in [1.82, 2.24) is 4.90 Å². The summed E-state index contributed by atoms with van der Waals surface area (Å²) in [6, 6.07) is 10.6. The smallest absolute Gasteiger partial charge is 0.325 e. The first-order chi connectivity index (χ1) is 12.7. The minimum absolute atomic E-state index is 0.124. The molecule has 0 aromatic heterocycles. The van der Waals surface area contributed by atoms with E-state index in [1.54, 1.807) is 11.8 Å². The third-order valence-electron chi connectivity index (χ3n) is 4.50. The van der Waals surface area contributed by atoms with Gasteiger partial charge < -0.3 is 9.80 Å². The molecule has 0 unspecified atom stereocenters. The van der Waals surface area contributed by atoms with E-state index in [9.17, 15) is 22.8 Å². The summed E-state index contributed by atoms with van der Waals surface area (Å²) in [6.45, 7) is 2.22. The molecule has 0 spiro atoms. The molecule has 4 nitrogen and oxygen atoms in total. The Bertz CT molecular complexity index is 868. The monoisotopic (exact) mass is 440 g/mol. The normalized spacial score (nSPS) is 18.0. The maximum atomic E-state index is 12.7. The fourth-order valence-electron chi connectivity index (χ4n) is 3.02. The molecular weight excluding hydrogens is 425 g/mol. The first kappa shape index (κ1) is 19.4. The molecule has 2 amide bonds. The third kappa shape index (κ3) is 4.00. The van der Waals surface area contributed by atoms with Gasteiger partial charge in [0.25, 0.3) is 5.91 Å². The van der Waals surface area contributed by atoms with Crippen LogP contribution in [0.25, 0.3) is 0 Å². The topological polar surface area (TPSA) is 40.6 Å². The second-order valence-corrected chi connectivity index (χ2v) is 7.14. The predicted octanol–water partition coefficient (Wildman–Crippen LogP) is 4.35. The Morgan fingerprint density at radius 1 is 1.11 bits per heavy atom. The van der Waals surface area contributed by atoms with Crippen molar-refractivity contribution in [2.75, 3.05) is 18.0 Å². The van der Waals surface area contributed by atoms with Crippen LogP contribution in [0.1, 0.15) is 22.8 Å². The lowest BCUT2D eigenvalue weighted by Gasteiger charge is -2.39. The lowest BCUT2D eigenvalue weighted by molar-refractivity contribution is -0.137. The Kier molecular flexibility index (Phi) is 5.28. The van der Waals surface area contributed by atoms with Crippen molar-refractivity contribution in [3.05, 3.63) is 64.1 Å². The molecule has 0 N–H and O–H groups in total. The fourth-order valence-corrected chi connectivity index (χ4v) is 3.40. The first-order valence-electron chi connectivity index (χ1n) is 8.23. The number of piperazine rings is 1. The molecule has 1 heterocycles. The van der Waals surface area contributed by atoms with Crippen molar-refractivity contribution >= 4 is 33.4 Å². The van der Waals surface area contributed by atoms with E-state index in [0.29, 0.717) is 13.1 Å². The zero-order chi connectivity index (χ0) is 19.8. The number of amides is 2. The van der Waals surface area contributed by atoms with Crippen LogP contribution in [0, 0.1) is 0 Å². The van der Waals surface area contributed by atoms with E-state index in [4.69, 9.17) is 0 Å². The fraction of sp³-hybridized carbons (Fsp3) is 0.263. The molecular formula is C19H16BrF3N2O2. The number of carbonyl (C=O) groups is 2. The minimum Gasteiger partial charge on any atom is -0.325 e. The van der Waals surface area contributed by atoms with Crippen LogP contribution < -0.4 is 4.90 Å². The van der Waals surface area contributed by atoms with Crippen LogP contribution in [-0.4, -0.2) is 35.8 Å². The van der Waals surface area contributed by atoms with Crippen molar-refractivity contribution in [1.29, 1.82) is 0 Å². The number of hydrogen-bond donors (Lipinski definition) is 0. The molecule has 1 atom stereocenters. The van der Waals surface area contributed by atoms with Gasteiger partial charge in [0.1, 0.15) is 6.04 Å². The average molecular weight is 441 g/mol. The maximum absolute atomic E-state index is 12.7. The highest BCUT2D eigenvalue weighted by Crippen LogP contribution is 2.30. The molecule has 2 aromatic carbocycles. The van der Waals surface area contributed by atoms with E-state index < -0.39 is 23.7 Å². The molecule has 27 heavy (non-hydrogen) atoms. The zero-order valence-electron chi connectivity index (χ0n) is 14.3. The summed E-state index contributed by atoms with van der Waals surface area (Å²) in [5, 5.41) is 0. The Hall–Kier alpha value is -2.35. The van der Waals surface area contributed by atoms with Crippen LogP contribution in [-0.2, 0) is 11.0 Å². The number of anilines is 1. The van der Waals surface area contributed by atoms with E-state index >= 15 is 0 Å². The summed E-state index contributed by atoms with van der Waals surface area (Å²) in [5.74, 6) is -0.696. The summed E-state index contributed by atoms with van der Waals surface area (Å²) in [5.41, 5.74) is 0.0315. The largest absolute Gasteiger partial charge is 0.416 e. The van der Waals surface area contributed by atoms with Gasteiger partial charge in [-0.1, -0.05) is 22.0 Å². The van der Waals surface area contributed by atoms with Crippen molar-refractivity contribution in [3.8, 4) is 0 Å². The molecule has 0 radical (unpaired) electrons. The van der Waals surface area contributed by atoms with Gasteiger partial charge in [-0.3, -0.25) is 9.59 Å². The lowest BCUT2D eigenvalue weighted by Crippen LogP contribution is -2.57. The highest BCUT2D eigenvalue weighted by molar-refractivity contribution is 9.10. The maximum Gasteiger partial charge on any atom is 0.416 e. The van der Waals surface area contributed by atoms with E-state index in [1.807, 2.05) is 24.3 Å². The van der Waals surface area contributed by atoms with Gasteiger partial charge in [0.2, 0.25) is 5.91 Å². The standard InChI is InChI=1S/C19H16BrF3N2O2/c1-12-17(26)25(16-4-2-3-15(20)11-16)10-9-24(12)18(27)13-5-7-14(8-6-13)19(21,22)23/h2-8,11-12H,9-10H2,1H3/t12-/m0/s1. The number of halogens is 4. The number of rotatable bonds is 2. The van der Waals surface area contributed by atoms with Gasteiger partial charge in [-0.2, -0.15) is 13.2 Å². The number of benzene rings is 2. The number of carbonyl (C=O) groups excluding carboxylic acids is 2. The number of nitrogens with zero attached hydrogens (tertiary/aromatic N) is 2. The Balaban J connectivity index is 1.77. The van der Waals surface area contributed by atoms with E-state index in [1.165, 1.54) is 4.90 Å². The summed E-state index contributed by atoms with van der Waals surface area (Å²) < 4.78 is 38.9. The van der Waals surface area contributed by atoms with Gasteiger partial charge in [0.05, 0.1) is 5.56 Å². The van der Waals surface area contributed by atoms with Crippen molar-refractivity contribution in [2.45, 2.75) is 19.1 Å². The van der Waals surface area contributed by atoms with Gasteiger partial charge in [-0.05, 0) is 49.4 Å². The Labute approximate surface area is 162 Å². The van der Waals surface area contributed by atoms with Crippen molar-refractivity contribution < 1.29 is 22.8 Å². The SMILES string of the molecule is C[C@H]1C(=O)N(c2cccc(Br)c2)CCN1C(=O)c1ccc(C(F)(F)F)cc1.